The smallest absolute Gasteiger partial charge is 0.159 e. The number of aromatic nitrogens is 2. The Morgan fingerprint density at radius 2 is 1.94 bits per heavy atom. The van der Waals surface area contributed by atoms with Crippen LogP contribution in [0.25, 0.3) is 11.4 Å². The van der Waals surface area contributed by atoms with Gasteiger partial charge in [0, 0.05) is 63.4 Å². The molecule has 6 heteroatoms. The monoisotopic (exact) mass is 438 g/mol. The Morgan fingerprint density at radius 3 is 2.62 bits per heavy atom. The zero-order chi connectivity index (χ0) is 22.2. The summed E-state index contributed by atoms with van der Waals surface area (Å²) in [6, 6.07) is 8.37. The maximum Gasteiger partial charge on any atom is 0.159 e. The van der Waals surface area contributed by atoms with Gasteiger partial charge in [0.2, 0.25) is 0 Å². The number of benzene rings is 1. The van der Waals surface area contributed by atoms with Crippen molar-refractivity contribution in [2.45, 2.75) is 45.3 Å². The van der Waals surface area contributed by atoms with E-state index in [4.69, 9.17) is 9.47 Å². The van der Waals surface area contributed by atoms with E-state index < -0.39 is 0 Å². The summed E-state index contributed by atoms with van der Waals surface area (Å²) in [6.07, 6.45) is 9.24. The first-order valence-corrected chi connectivity index (χ1v) is 12.1. The van der Waals surface area contributed by atoms with Crippen LogP contribution in [0.3, 0.4) is 0 Å². The third kappa shape index (κ3) is 6.82. The average Bonchev–Trinajstić information content (AvgIpc) is 3.32. The third-order valence-corrected chi connectivity index (χ3v) is 6.71. The van der Waals surface area contributed by atoms with Crippen LogP contribution in [-0.2, 0) is 16.0 Å². The zero-order valence-corrected chi connectivity index (χ0v) is 19.7. The van der Waals surface area contributed by atoms with Crippen molar-refractivity contribution >= 4 is 0 Å². The summed E-state index contributed by atoms with van der Waals surface area (Å²) in [7, 11) is 1.78. The van der Waals surface area contributed by atoms with Gasteiger partial charge in [-0.05, 0) is 57.7 Å². The van der Waals surface area contributed by atoms with E-state index in [-0.39, 0.29) is 0 Å². The average molecular weight is 439 g/mol. The number of likely N-dealkylation sites (tertiary alicyclic amines) is 1. The van der Waals surface area contributed by atoms with E-state index in [0.717, 1.165) is 56.7 Å². The fourth-order valence-corrected chi connectivity index (χ4v) is 4.89. The molecule has 0 aliphatic carbocycles. The van der Waals surface area contributed by atoms with E-state index in [2.05, 4.69) is 51.0 Å². The van der Waals surface area contributed by atoms with Crippen molar-refractivity contribution in [2.24, 2.45) is 5.92 Å². The van der Waals surface area contributed by atoms with Gasteiger partial charge < -0.3 is 14.4 Å². The Labute approximate surface area is 193 Å². The Kier molecular flexibility index (Phi) is 8.62. The summed E-state index contributed by atoms with van der Waals surface area (Å²) in [5.74, 6) is 1.54. The third-order valence-electron chi connectivity index (χ3n) is 6.71. The summed E-state index contributed by atoms with van der Waals surface area (Å²) in [5.41, 5.74) is 3.48. The van der Waals surface area contributed by atoms with Gasteiger partial charge in [-0.15, -0.1) is 0 Å². The number of nitrogens with zero attached hydrogens (tertiary/aromatic N) is 4. The van der Waals surface area contributed by atoms with Gasteiger partial charge in [-0.3, -0.25) is 4.90 Å². The number of ether oxygens (including phenoxy) is 2. The van der Waals surface area contributed by atoms with Crippen LogP contribution in [0, 0.1) is 12.8 Å². The van der Waals surface area contributed by atoms with E-state index >= 15 is 0 Å². The Hall–Kier alpha value is -1.86. The van der Waals surface area contributed by atoms with E-state index in [1.165, 1.54) is 49.9 Å². The predicted molar refractivity (Wildman–Crippen MR) is 127 cm³/mol. The second kappa shape index (κ2) is 11.8. The van der Waals surface area contributed by atoms with Crippen LogP contribution in [0.5, 0.6) is 0 Å². The lowest BCUT2D eigenvalue weighted by atomic mass is 9.95. The molecule has 2 aliphatic rings. The van der Waals surface area contributed by atoms with Crippen molar-refractivity contribution < 1.29 is 9.47 Å². The molecule has 0 radical (unpaired) electrons. The molecular formula is C26H38N4O2. The van der Waals surface area contributed by atoms with Gasteiger partial charge in [-0.2, -0.15) is 0 Å². The highest BCUT2D eigenvalue weighted by Crippen LogP contribution is 2.22. The van der Waals surface area contributed by atoms with Gasteiger partial charge in [0.1, 0.15) is 0 Å². The molecule has 174 valence electrons. The quantitative estimate of drug-likeness (QED) is 0.563. The van der Waals surface area contributed by atoms with Crippen molar-refractivity contribution in [3.05, 3.63) is 47.8 Å². The van der Waals surface area contributed by atoms with Crippen LogP contribution in [0.2, 0.25) is 0 Å². The van der Waals surface area contributed by atoms with Gasteiger partial charge in [0.25, 0.3) is 0 Å². The minimum absolute atomic E-state index is 0.365. The molecule has 0 spiro atoms. The van der Waals surface area contributed by atoms with Gasteiger partial charge >= 0.3 is 0 Å². The fraction of sp³-hybridized carbons (Fsp3) is 0.615. The zero-order valence-electron chi connectivity index (χ0n) is 19.7. The predicted octanol–water partition coefficient (Wildman–Crippen LogP) is 3.79. The molecule has 0 amide bonds. The SMILES string of the molecule is COCCN1CCC(CN(Cc2cnc(-c3cccc(C)c3)nc2)CC2CCCO2)CC1. The maximum absolute atomic E-state index is 5.96. The normalized spacial score (nSPS) is 20.3. The molecule has 0 saturated carbocycles. The van der Waals surface area contributed by atoms with E-state index in [9.17, 15) is 0 Å². The lowest BCUT2D eigenvalue weighted by molar-refractivity contribution is 0.0551. The Bertz CT molecular complexity index is 815. The summed E-state index contributed by atoms with van der Waals surface area (Å²) in [5, 5.41) is 0. The molecule has 2 saturated heterocycles. The number of aryl methyl sites for hydroxylation is 1. The molecule has 1 unspecified atom stereocenters. The van der Waals surface area contributed by atoms with Crippen LogP contribution < -0.4 is 0 Å². The number of hydrogen-bond acceptors (Lipinski definition) is 6. The van der Waals surface area contributed by atoms with Gasteiger partial charge in [-0.1, -0.05) is 23.8 Å². The summed E-state index contributed by atoms with van der Waals surface area (Å²) < 4.78 is 11.2. The second-order valence-electron chi connectivity index (χ2n) is 9.39. The van der Waals surface area contributed by atoms with Gasteiger partial charge in [0.05, 0.1) is 12.7 Å². The first kappa shape index (κ1) is 23.3. The lowest BCUT2D eigenvalue weighted by Gasteiger charge is -2.35. The molecular weight excluding hydrogens is 400 g/mol. The molecule has 2 aliphatic heterocycles. The number of piperidine rings is 1. The van der Waals surface area contributed by atoms with E-state index in [0.29, 0.717) is 6.10 Å². The van der Waals surface area contributed by atoms with Crippen LogP contribution in [0.4, 0.5) is 0 Å². The van der Waals surface area contributed by atoms with Crippen molar-refractivity contribution in [3.63, 3.8) is 0 Å². The standard InChI is InChI=1S/C26H38N4O2/c1-21-5-3-6-24(15-21)26-27-16-23(17-28-26)19-30(20-25-7-4-13-32-25)18-22-8-10-29(11-9-22)12-14-31-2/h3,5-6,15-17,22,25H,4,7-14,18-20H2,1-2H3. The van der Waals surface area contributed by atoms with Crippen molar-refractivity contribution in [1.82, 2.24) is 19.8 Å². The summed E-state index contributed by atoms with van der Waals surface area (Å²) in [4.78, 5) is 14.5. The van der Waals surface area contributed by atoms with Crippen LogP contribution in [0.15, 0.2) is 36.7 Å². The molecule has 6 nitrogen and oxygen atoms in total. The largest absolute Gasteiger partial charge is 0.383 e. The second-order valence-corrected chi connectivity index (χ2v) is 9.39. The molecule has 32 heavy (non-hydrogen) atoms. The van der Waals surface area contributed by atoms with Crippen molar-refractivity contribution in [2.75, 3.05) is 53.0 Å². The molecule has 0 bridgehead atoms. The first-order valence-electron chi connectivity index (χ1n) is 12.1. The maximum atomic E-state index is 5.96. The molecule has 1 atom stereocenters. The molecule has 2 aromatic rings. The fourth-order valence-electron chi connectivity index (χ4n) is 4.89. The topological polar surface area (TPSA) is 50.7 Å². The van der Waals surface area contributed by atoms with Crippen molar-refractivity contribution in [3.8, 4) is 11.4 Å². The molecule has 2 fully saturated rings. The summed E-state index contributed by atoms with van der Waals surface area (Å²) >= 11 is 0. The van der Waals surface area contributed by atoms with Gasteiger partial charge in [-0.25, -0.2) is 9.97 Å². The highest BCUT2D eigenvalue weighted by molar-refractivity contribution is 5.55. The Morgan fingerprint density at radius 1 is 1.12 bits per heavy atom. The molecule has 1 aromatic carbocycles. The highest BCUT2D eigenvalue weighted by atomic mass is 16.5. The van der Waals surface area contributed by atoms with Crippen LogP contribution >= 0.6 is 0 Å². The molecule has 1 aromatic heterocycles. The summed E-state index contributed by atoms with van der Waals surface area (Å²) in [6.45, 7) is 10.3. The van der Waals surface area contributed by atoms with Crippen molar-refractivity contribution in [1.29, 1.82) is 0 Å². The molecule has 4 rings (SSSR count). The molecule has 0 N–H and O–H groups in total. The number of methoxy groups -OCH3 is 1. The minimum Gasteiger partial charge on any atom is -0.383 e. The first-order chi connectivity index (χ1) is 15.7. The lowest BCUT2D eigenvalue weighted by Crippen LogP contribution is -2.41. The highest BCUT2D eigenvalue weighted by Gasteiger charge is 2.25. The van der Waals surface area contributed by atoms with E-state index in [1.54, 1.807) is 7.11 Å². The number of hydrogen-bond donors (Lipinski definition) is 0. The number of rotatable bonds is 10. The van der Waals surface area contributed by atoms with Crippen LogP contribution in [-0.4, -0.2) is 78.9 Å². The van der Waals surface area contributed by atoms with Crippen LogP contribution in [0.1, 0.15) is 36.8 Å². The minimum atomic E-state index is 0.365. The molecule has 3 heterocycles. The Balaban J connectivity index is 1.36. The van der Waals surface area contributed by atoms with E-state index in [1.807, 2.05) is 12.4 Å². The van der Waals surface area contributed by atoms with Gasteiger partial charge in [0.15, 0.2) is 5.82 Å².